The summed E-state index contributed by atoms with van der Waals surface area (Å²) in [7, 11) is 0. The van der Waals surface area contributed by atoms with Crippen LogP contribution in [0.15, 0.2) is 60.7 Å². The second kappa shape index (κ2) is 10.4. The van der Waals surface area contributed by atoms with Crippen molar-refractivity contribution >= 4 is 23.1 Å². The van der Waals surface area contributed by atoms with Gasteiger partial charge < -0.3 is 13.8 Å². The first kappa shape index (κ1) is 16.2. The Labute approximate surface area is 121 Å². The third-order valence-electron chi connectivity index (χ3n) is 2.26. The molecule has 0 aliphatic heterocycles. The van der Waals surface area contributed by atoms with Crippen LogP contribution in [-0.2, 0) is 12.8 Å². The molecule has 0 radical (unpaired) electrons. The van der Waals surface area contributed by atoms with E-state index in [1.807, 2.05) is 36.4 Å². The minimum Gasteiger partial charge on any atom is -0.339 e. The van der Waals surface area contributed by atoms with Crippen LogP contribution in [0.1, 0.15) is 11.1 Å². The summed E-state index contributed by atoms with van der Waals surface area (Å²) < 4.78 is 0. The molecule has 0 N–H and O–H groups in total. The minimum absolute atomic E-state index is 0. The third-order valence-corrected chi connectivity index (χ3v) is 2.26. The summed E-state index contributed by atoms with van der Waals surface area (Å²) in [4.78, 5) is 0. The summed E-state index contributed by atoms with van der Waals surface area (Å²) in [5.41, 5.74) is 2.60. The van der Waals surface area contributed by atoms with Crippen molar-refractivity contribution in [3.8, 4) is 0 Å². The Hall–Kier alpha value is -0.794. The number of benzene rings is 2. The molecule has 0 fully saturated rings. The van der Waals surface area contributed by atoms with Crippen molar-refractivity contribution in [1.82, 2.24) is 0 Å². The van der Waals surface area contributed by atoms with E-state index >= 15 is 0 Å². The van der Waals surface area contributed by atoms with Crippen LogP contribution in [0.4, 0.5) is 0 Å². The Bertz CT molecular complexity index is 328. The zero-order valence-corrected chi connectivity index (χ0v) is 11.7. The van der Waals surface area contributed by atoms with Crippen LogP contribution < -0.4 is 0 Å². The van der Waals surface area contributed by atoms with Gasteiger partial charge >= 0.3 is 23.1 Å². The topological polar surface area (TPSA) is 0 Å². The van der Waals surface area contributed by atoms with E-state index in [2.05, 4.69) is 38.1 Å². The van der Waals surface area contributed by atoms with Gasteiger partial charge in [0.15, 0.2) is 0 Å². The second-order valence-corrected chi connectivity index (χ2v) is 3.47. The van der Waals surface area contributed by atoms with Crippen molar-refractivity contribution in [2.24, 2.45) is 0 Å². The molecule has 0 heterocycles. The Balaban J connectivity index is 0.000000284. The maximum absolute atomic E-state index is 3.76. The predicted octanol–water partition coefficient (Wildman–Crippen LogP) is 3.75. The summed E-state index contributed by atoms with van der Waals surface area (Å²) in [6.07, 6.45) is 1.78. The fourth-order valence-corrected chi connectivity index (χ4v) is 1.29. The molecular weight excluding hydrogens is 216 g/mol. The first-order chi connectivity index (χ1) is 7.86. The minimum atomic E-state index is 0. The Kier molecular flexibility index (Phi) is 9.88. The van der Waals surface area contributed by atoms with Crippen LogP contribution in [0.3, 0.4) is 0 Å². The van der Waals surface area contributed by atoms with Crippen molar-refractivity contribution < 1.29 is 0 Å². The zero-order valence-electron chi connectivity index (χ0n) is 10.3. The van der Waals surface area contributed by atoms with E-state index in [1.165, 1.54) is 11.1 Å². The van der Waals surface area contributed by atoms with Gasteiger partial charge in [0.1, 0.15) is 0 Å². The van der Waals surface area contributed by atoms with Crippen molar-refractivity contribution in [1.29, 1.82) is 0 Å². The summed E-state index contributed by atoms with van der Waals surface area (Å²) >= 11 is 0. The van der Waals surface area contributed by atoms with Gasteiger partial charge in [-0.05, 0) is 0 Å². The average molecular weight is 235 g/mol. The molecule has 0 bridgehead atoms. The van der Waals surface area contributed by atoms with Gasteiger partial charge in [0.25, 0.3) is 0 Å². The molecule has 2 rings (SSSR count). The molecule has 0 spiro atoms. The average Bonchev–Trinajstić information content (AvgIpc) is 2.41. The molecule has 0 amide bonds. The van der Waals surface area contributed by atoms with Gasteiger partial charge in [0, 0.05) is 0 Å². The molecule has 0 atom stereocenters. The van der Waals surface area contributed by atoms with Gasteiger partial charge in [-0.2, -0.15) is 12.8 Å². The van der Waals surface area contributed by atoms with Crippen LogP contribution in [0, 0.1) is 13.8 Å². The fraction of sp³-hybridized carbons (Fsp3) is 0.125. The molecule has 2 aromatic carbocycles. The predicted molar refractivity (Wildman–Crippen MR) is 76.8 cm³/mol. The largest absolute Gasteiger partial charge is 2.00 e. The van der Waals surface area contributed by atoms with Gasteiger partial charge in [0.2, 0.25) is 0 Å². The van der Waals surface area contributed by atoms with E-state index in [0.717, 1.165) is 12.8 Å². The molecule has 0 saturated heterocycles. The van der Waals surface area contributed by atoms with E-state index in [4.69, 9.17) is 0 Å². The molecule has 0 aliphatic carbocycles. The maximum Gasteiger partial charge on any atom is 2.00 e. The normalized spacial score (nSPS) is 8.59. The SMILES string of the molecule is [CH2-]Cc1ccccc1.[CH2-]Cc1ccccc1.[Mg+2]. The second-order valence-electron chi connectivity index (χ2n) is 3.47. The Morgan fingerprint density at radius 2 is 0.882 bits per heavy atom. The van der Waals surface area contributed by atoms with E-state index in [9.17, 15) is 0 Å². The molecule has 0 unspecified atom stereocenters. The molecule has 2 aromatic rings. The van der Waals surface area contributed by atoms with Crippen LogP contribution >= 0.6 is 0 Å². The first-order valence-corrected chi connectivity index (χ1v) is 5.53. The molecule has 1 heteroatoms. The van der Waals surface area contributed by atoms with Crippen molar-refractivity contribution in [2.75, 3.05) is 0 Å². The Morgan fingerprint density at radius 3 is 1.06 bits per heavy atom. The van der Waals surface area contributed by atoms with Crippen LogP contribution in [-0.4, -0.2) is 23.1 Å². The van der Waals surface area contributed by atoms with Crippen LogP contribution in [0.25, 0.3) is 0 Å². The van der Waals surface area contributed by atoms with E-state index in [1.54, 1.807) is 0 Å². The third kappa shape index (κ3) is 7.19. The monoisotopic (exact) mass is 234 g/mol. The molecule has 0 saturated carbocycles. The Morgan fingerprint density at radius 1 is 0.588 bits per heavy atom. The van der Waals surface area contributed by atoms with Gasteiger partial charge in [0.05, 0.1) is 0 Å². The van der Waals surface area contributed by atoms with E-state index in [-0.39, 0.29) is 23.1 Å². The van der Waals surface area contributed by atoms with Gasteiger partial charge in [-0.1, -0.05) is 71.8 Å². The summed E-state index contributed by atoms with van der Waals surface area (Å²) in [6.45, 7) is 7.51. The molecular formula is C16H18Mg. The maximum atomic E-state index is 3.76. The van der Waals surface area contributed by atoms with Crippen molar-refractivity contribution in [3.05, 3.63) is 85.6 Å². The number of hydrogen-bond donors (Lipinski definition) is 0. The first-order valence-electron chi connectivity index (χ1n) is 5.53. The zero-order chi connectivity index (χ0) is 11.6. The number of hydrogen-bond acceptors (Lipinski definition) is 0. The number of rotatable bonds is 2. The fourth-order valence-electron chi connectivity index (χ4n) is 1.29. The molecule has 0 aromatic heterocycles. The van der Waals surface area contributed by atoms with E-state index < -0.39 is 0 Å². The van der Waals surface area contributed by atoms with Gasteiger partial charge in [-0.15, -0.1) is 0 Å². The summed E-state index contributed by atoms with van der Waals surface area (Å²) in [5.74, 6) is 0. The standard InChI is InChI=1S/2C8H9.Mg/c2*1-2-8-6-4-3-5-7-8;/h2*3-7H,1-2H2;/q2*-1;+2. The van der Waals surface area contributed by atoms with Crippen molar-refractivity contribution in [2.45, 2.75) is 12.8 Å². The van der Waals surface area contributed by atoms with Crippen LogP contribution in [0.5, 0.6) is 0 Å². The molecule has 84 valence electrons. The summed E-state index contributed by atoms with van der Waals surface area (Å²) in [5, 5.41) is 0. The van der Waals surface area contributed by atoms with E-state index in [0.29, 0.717) is 0 Å². The quantitative estimate of drug-likeness (QED) is 0.548. The van der Waals surface area contributed by atoms with Crippen molar-refractivity contribution in [3.63, 3.8) is 0 Å². The molecule has 17 heavy (non-hydrogen) atoms. The van der Waals surface area contributed by atoms with Crippen LogP contribution in [0.2, 0.25) is 0 Å². The molecule has 0 aliphatic rings. The van der Waals surface area contributed by atoms with Gasteiger partial charge in [-0.3, -0.25) is 0 Å². The van der Waals surface area contributed by atoms with Gasteiger partial charge in [-0.25, -0.2) is 0 Å². The smallest absolute Gasteiger partial charge is 0.339 e. The molecule has 0 nitrogen and oxygen atoms in total. The summed E-state index contributed by atoms with van der Waals surface area (Å²) in [6, 6.07) is 20.4.